The Morgan fingerprint density at radius 3 is 2.25 bits per heavy atom. The van der Waals surface area contributed by atoms with Crippen LogP contribution in [0.4, 0.5) is 0 Å². The highest BCUT2D eigenvalue weighted by Gasteiger charge is 2.03. The predicted molar refractivity (Wildman–Crippen MR) is 81.9 cm³/mol. The quantitative estimate of drug-likeness (QED) is 0.870. The molecule has 1 N–H and O–H groups in total. The van der Waals surface area contributed by atoms with E-state index in [9.17, 15) is 5.11 Å². The smallest absolute Gasteiger partial charge is 0.120 e. The van der Waals surface area contributed by atoms with Gasteiger partial charge in [-0.2, -0.15) is 0 Å². The molecule has 1 atom stereocenters. The molecule has 0 aliphatic heterocycles. The zero-order chi connectivity index (χ0) is 14.5. The third kappa shape index (κ3) is 3.84. The van der Waals surface area contributed by atoms with E-state index in [1.54, 1.807) is 6.92 Å². The van der Waals surface area contributed by atoms with Crippen molar-refractivity contribution < 1.29 is 9.84 Å². The molecule has 20 heavy (non-hydrogen) atoms. The van der Waals surface area contributed by atoms with Gasteiger partial charge in [0.25, 0.3) is 0 Å². The molecule has 2 aromatic rings. The van der Waals surface area contributed by atoms with E-state index in [-0.39, 0.29) is 0 Å². The van der Waals surface area contributed by atoms with Crippen LogP contribution in [-0.2, 0) is 6.61 Å². The van der Waals surface area contributed by atoms with Crippen LogP contribution in [0.25, 0.3) is 0 Å². The molecule has 0 amide bonds. The van der Waals surface area contributed by atoms with Crippen molar-refractivity contribution >= 4 is 0 Å². The third-order valence-corrected chi connectivity index (χ3v) is 3.39. The van der Waals surface area contributed by atoms with Crippen LogP contribution in [0.2, 0.25) is 0 Å². The predicted octanol–water partition coefficient (Wildman–Crippen LogP) is 4.44. The maximum atomic E-state index is 9.56. The fourth-order valence-electron chi connectivity index (χ4n) is 2.03. The van der Waals surface area contributed by atoms with E-state index in [0.29, 0.717) is 12.5 Å². The SMILES string of the molecule is CC(C)c1ccc(COc2cccc([C@H](C)O)c2)cc1. The molecule has 0 bridgehead atoms. The minimum Gasteiger partial charge on any atom is -0.489 e. The Bertz CT molecular complexity index is 542. The highest BCUT2D eigenvalue weighted by molar-refractivity contribution is 5.30. The molecule has 2 aromatic carbocycles. The van der Waals surface area contributed by atoms with Gasteiger partial charge in [0.05, 0.1) is 6.10 Å². The van der Waals surface area contributed by atoms with Gasteiger partial charge < -0.3 is 9.84 Å². The van der Waals surface area contributed by atoms with Gasteiger partial charge in [0, 0.05) is 0 Å². The molecule has 2 rings (SSSR count). The van der Waals surface area contributed by atoms with Gasteiger partial charge in [0.1, 0.15) is 12.4 Å². The normalized spacial score (nSPS) is 12.4. The second kappa shape index (κ2) is 6.58. The molecular weight excluding hydrogens is 248 g/mol. The Labute approximate surface area is 121 Å². The lowest BCUT2D eigenvalue weighted by Gasteiger charge is -2.10. The lowest BCUT2D eigenvalue weighted by Crippen LogP contribution is -1.98. The van der Waals surface area contributed by atoms with E-state index in [1.807, 2.05) is 24.3 Å². The summed E-state index contributed by atoms with van der Waals surface area (Å²) in [7, 11) is 0. The molecule has 0 aromatic heterocycles. The molecule has 0 heterocycles. The maximum absolute atomic E-state index is 9.56. The van der Waals surface area contributed by atoms with Gasteiger partial charge in [-0.15, -0.1) is 0 Å². The maximum Gasteiger partial charge on any atom is 0.120 e. The molecule has 106 valence electrons. The van der Waals surface area contributed by atoms with Gasteiger partial charge in [-0.3, -0.25) is 0 Å². The van der Waals surface area contributed by atoms with Crippen molar-refractivity contribution in [2.45, 2.75) is 39.4 Å². The number of aliphatic hydroxyl groups excluding tert-OH is 1. The summed E-state index contributed by atoms with van der Waals surface area (Å²) in [5.74, 6) is 1.34. The van der Waals surface area contributed by atoms with Crippen LogP contribution in [-0.4, -0.2) is 5.11 Å². The first kappa shape index (κ1) is 14.6. The first-order valence-electron chi connectivity index (χ1n) is 7.06. The van der Waals surface area contributed by atoms with Gasteiger partial charge in [0.2, 0.25) is 0 Å². The Hall–Kier alpha value is -1.80. The summed E-state index contributed by atoms with van der Waals surface area (Å²) in [6, 6.07) is 16.1. The molecule has 0 saturated carbocycles. The van der Waals surface area contributed by atoms with Gasteiger partial charge in [-0.25, -0.2) is 0 Å². The molecule has 0 unspecified atom stereocenters. The van der Waals surface area contributed by atoms with Crippen LogP contribution < -0.4 is 4.74 Å². The lowest BCUT2D eigenvalue weighted by atomic mass is 10.0. The van der Waals surface area contributed by atoms with E-state index in [1.165, 1.54) is 5.56 Å². The lowest BCUT2D eigenvalue weighted by molar-refractivity contribution is 0.198. The summed E-state index contributed by atoms with van der Waals surface area (Å²) in [5, 5.41) is 9.56. The molecule has 0 aliphatic carbocycles. The van der Waals surface area contributed by atoms with Crippen molar-refractivity contribution in [1.82, 2.24) is 0 Å². The fraction of sp³-hybridized carbons (Fsp3) is 0.333. The summed E-state index contributed by atoms with van der Waals surface area (Å²) in [5.41, 5.74) is 3.36. The van der Waals surface area contributed by atoms with Crippen LogP contribution in [0.3, 0.4) is 0 Å². The van der Waals surface area contributed by atoms with E-state index in [2.05, 4.69) is 38.1 Å². The van der Waals surface area contributed by atoms with Crippen molar-refractivity contribution in [3.63, 3.8) is 0 Å². The van der Waals surface area contributed by atoms with Crippen LogP contribution in [0.1, 0.15) is 49.5 Å². The van der Waals surface area contributed by atoms with Crippen molar-refractivity contribution in [2.75, 3.05) is 0 Å². The summed E-state index contributed by atoms with van der Waals surface area (Å²) in [6.07, 6.45) is -0.469. The number of hydrogen-bond acceptors (Lipinski definition) is 2. The second-order valence-electron chi connectivity index (χ2n) is 5.43. The van der Waals surface area contributed by atoms with Crippen molar-refractivity contribution in [3.8, 4) is 5.75 Å². The third-order valence-electron chi connectivity index (χ3n) is 3.39. The zero-order valence-corrected chi connectivity index (χ0v) is 12.3. The fourth-order valence-corrected chi connectivity index (χ4v) is 2.03. The van der Waals surface area contributed by atoms with Gasteiger partial charge >= 0.3 is 0 Å². The van der Waals surface area contributed by atoms with Crippen molar-refractivity contribution in [2.24, 2.45) is 0 Å². The Morgan fingerprint density at radius 2 is 1.65 bits per heavy atom. The number of aliphatic hydroxyl groups is 1. The highest BCUT2D eigenvalue weighted by Crippen LogP contribution is 2.20. The van der Waals surface area contributed by atoms with Crippen LogP contribution >= 0.6 is 0 Å². The molecule has 0 fully saturated rings. The Balaban J connectivity index is 1.99. The number of ether oxygens (including phenoxy) is 1. The average Bonchev–Trinajstić information content (AvgIpc) is 2.46. The molecule has 0 radical (unpaired) electrons. The number of hydrogen-bond donors (Lipinski definition) is 1. The van der Waals surface area contributed by atoms with Gasteiger partial charge in [-0.1, -0.05) is 50.2 Å². The number of benzene rings is 2. The average molecular weight is 270 g/mol. The standard InChI is InChI=1S/C18H22O2/c1-13(2)16-9-7-15(8-10-16)12-20-18-6-4-5-17(11-18)14(3)19/h4-11,13-14,19H,12H2,1-3H3/t14-/m0/s1. The molecular formula is C18H22O2. The summed E-state index contributed by atoms with van der Waals surface area (Å²) in [6.45, 7) is 6.67. The first-order valence-corrected chi connectivity index (χ1v) is 7.06. The monoisotopic (exact) mass is 270 g/mol. The Kier molecular flexibility index (Phi) is 4.80. The minimum absolute atomic E-state index is 0.469. The van der Waals surface area contributed by atoms with Crippen LogP contribution in [0, 0.1) is 0 Å². The number of rotatable bonds is 5. The van der Waals surface area contributed by atoms with Gasteiger partial charge in [0.15, 0.2) is 0 Å². The Morgan fingerprint density at radius 1 is 0.950 bits per heavy atom. The molecule has 0 aliphatic rings. The summed E-state index contributed by atoms with van der Waals surface area (Å²) in [4.78, 5) is 0. The summed E-state index contributed by atoms with van der Waals surface area (Å²) < 4.78 is 5.77. The van der Waals surface area contributed by atoms with E-state index in [4.69, 9.17) is 4.74 Å². The molecule has 2 heteroatoms. The van der Waals surface area contributed by atoms with Crippen molar-refractivity contribution in [3.05, 3.63) is 65.2 Å². The topological polar surface area (TPSA) is 29.5 Å². The van der Waals surface area contributed by atoms with E-state index >= 15 is 0 Å². The zero-order valence-electron chi connectivity index (χ0n) is 12.3. The largest absolute Gasteiger partial charge is 0.489 e. The molecule has 0 spiro atoms. The minimum atomic E-state index is -0.469. The highest BCUT2D eigenvalue weighted by atomic mass is 16.5. The molecule has 0 saturated heterocycles. The van der Waals surface area contributed by atoms with Crippen LogP contribution in [0.15, 0.2) is 48.5 Å². The van der Waals surface area contributed by atoms with Crippen molar-refractivity contribution in [1.29, 1.82) is 0 Å². The first-order chi connectivity index (χ1) is 9.56. The van der Waals surface area contributed by atoms with E-state index < -0.39 is 6.10 Å². The van der Waals surface area contributed by atoms with Crippen LogP contribution in [0.5, 0.6) is 5.75 Å². The molecule has 2 nitrogen and oxygen atoms in total. The second-order valence-corrected chi connectivity index (χ2v) is 5.43. The summed E-state index contributed by atoms with van der Waals surface area (Å²) >= 11 is 0. The van der Waals surface area contributed by atoms with E-state index in [0.717, 1.165) is 16.9 Å². The van der Waals surface area contributed by atoms with Gasteiger partial charge in [-0.05, 0) is 41.7 Å².